The summed E-state index contributed by atoms with van der Waals surface area (Å²) in [6.07, 6.45) is 0.151. The van der Waals surface area contributed by atoms with E-state index in [1.165, 1.54) is 7.11 Å². The van der Waals surface area contributed by atoms with E-state index in [0.717, 1.165) is 0 Å². The third-order valence-electron chi connectivity index (χ3n) is 1.96. The fourth-order valence-corrected chi connectivity index (χ4v) is 0.876. The normalized spacial score (nSPS) is 10.8. The molecule has 5 heteroatoms. The molecule has 0 aromatic heterocycles. The first kappa shape index (κ1) is 14.6. The molecule has 0 aliphatic rings. The van der Waals surface area contributed by atoms with Gasteiger partial charge in [0.2, 0.25) is 5.91 Å². The van der Waals surface area contributed by atoms with E-state index in [9.17, 15) is 14.4 Å². The predicted molar refractivity (Wildman–Crippen MR) is 58.7 cm³/mol. The number of rotatable bonds is 5. The highest BCUT2D eigenvalue weighted by Crippen LogP contribution is 2.12. The van der Waals surface area contributed by atoms with Crippen LogP contribution in [0.5, 0.6) is 0 Å². The molecule has 5 nitrogen and oxygen atoms in total. The molecule has 0 atom stereocenters. The van der Waals surface area contributed by atoms with Crippen LogP contribution in [-0.4, -0.2) is 31.3 Å². The first-order chi connectivity index (χ1) is 7.27. The van der Waals surface area contributed by atoms with E-state index >= 15 is 0 Å². The van der Waals surface area contributed by atoms with Crippen LogP contribution >= 0.6 is 0 Å². The molecule has 0 fully saturated rings. The number of methoxy groups -OCH3 is 1. The van der Waals surface area contributed by atoms with Crippen molar-refractivity contribution in [2.45, 2.75) is 33.6 Å². The first-order valence-electron chi connectivity index (χ1n) is 5.14. The summed E-state index contributed by atoms with van der Waals surface area (Å²) in [6, 6.07) is 0. The van der Waals surface area contributed by atoms with Gasteiger partial charge in [0.05, 0.1) is 20.1 Å². The molecule has 1 amide bonds. The van der Waals surface area contributed by atoms with Gasteiger partial charge in [-0.05, 0) is 0 Å². The van der Waals surface area contributed by atoms with Crippen LogP contribution in [0, 0.1) is 5.41 Å². The van der Waals surface area contributed by atoms with Crippen LogP contribution in [0.1, 0.15) is 33.6 Å². The zero-order valence-corrected chi connectivity index (χ0v) is 10.3. The number of esters is 1. The van der Waals surface area contributed by atoms with Crippen molar-refractivity contribution in [1.82, 2.24) is 5.32 Å². The van der Waals surface area contributed by atoms with Crippen LogP contribution in [-0.2, 0) is 19.1 Å². The number of nitrogens with one attached hydrogen (secondary N) is 1. The fourth-order valence-electron chi connectivity index (χ4n) is 0.876. The van der Waals surface area contributed by atoms with E-state index in [-0.39, 0.29) is 31.1 Å². The number of hydrogen-bond donors (Lipinski definition) is 1. The smallest absolute Gasteiger partial charge is 0.305 e. The van der Waals surface area contributed by atoms with Gasteiger partial charge in [0.25, 0.3) is 0 Å². The molecule has 0 radical (unpaired) electrons. The summed E-state index contributed by atoms with van der Waals surface area (Å²) in [7, 11) is 1.27. The summed E-state index contributed by atoms with van der Waals surface area (Å²) in [5, 5.41) is 2.52. The number of carbonyl (C=O) groups is 3. The lowest BCUT2D eigenvalue weighted by molar-refractivity contribution is -0.141. The number of ketones is 1. The molecule has 0 bridgehead atoms. The van der Waals surface area contributed by atoms with Gasteiger partial charge in [-0.25, -0.2) is 0 Å². The Morgan fingerprint density at radius 1 is 1.12 bits per heavy atom. The summed E-state index contributed by atoms with van der Waals surface area (Å²) in [4.78, 5) is 33.4. The quantitative estimate of drug-likeness (QED) is 0.703. The summed E-state index contributed by atoms with van der Waals surface area (Å²) < 4.78 is 4.40. The van der Waals surface area contributed by atoms with Gasteiger partial charge in [0, 0.05) is 11.8 Å². The molecule has 0 aliphatic carbocycles. The maximum absolute atomic E-state index is 11.4. The molecular formula is C11H19NO4. The van der Waals surface area contributed by atoms with E-state index in [1.54, 1.807) is 20.8 Å². The van der Waals surface area contributed by atoms with Crippen molar-refractivity contribution in [3.05, 3.63) is 0 Å². The highest BCUT2D eigenvalue weighted by Gasteiger charge is 2.21. The number of ether oxygens (including phenoxy) is 1. The van der Waals surface area contributed by atoms with Crippen LogP contribution in [0.15, 0.2) is 0 Å². The van der Waals surface area contributed by atoms with Crippen LogP contribution in [0.3, 0.4) is 0 Å². The highest BCUT2D eigenvalue weighted by molar-refractivity contribution is 5.89. The molecule has 0 aromatic rings. The minimum absolute atomic E-state index is 0.0346. The predicted octanol–water partition coefficient (Wildman–Crippen LogP) is 0.671. The van der Waals surface area contributed by atoms with Gasteiger partial charge in [-0.3, -0.25) is 14.4 Å². The standard InChI is InChI=1S/C11H19NO4/c1-11(2,3)10(15)12-7-8(13)5-6-9(14)16-4/h5-7H2,1-4H3,(H,12,15). The summed E-state index contributed by atoms with van der Waals surface area (Å²) in [5.41, 5.74) is -0.511. The fraction of sp³-hybridized carbons (Fsp3) is 0.727. The average Bonchev–Trinajstić information content (AvgIpc) is 2.20. The molecule has 0 saturated heterocycles. The van der Waals surface area contributed by atoms with Gasteiger partial charge in [-0.2, -0.15) is 0 Å². The molecule has 0 saturated carbocycles. The molecule has 1 N–H and O–H groups in total. The van der Waals surface area contributed by atoms with Gasteiger partial charge < -0.3 is 10.1 Å². The van der Waals surface area contributed by atoms with Gasteiger partial charge >= 0.3 is 5.97 Å². The summed E-state index contributed by atoms with van der Waals surface area (Å²) >= 11 is 0. The average molecular weight is 229 g/mol. The van der Waals surface area contributed by atoms with E-state index in [4.69, 9.17) is 0 Å². The molecule has 0 aliphatic heterocycles. The lowest BCUT2D eigenvalue weighted by Crippen LogP contribution is -2.37. The Morgan fingerprint density at radius 3 is 2.12 bits per heavy atom. The first-order valence-corrected chi connectivity index (χ1v) is 5.14. The van der Waals surface area contributed by atoms with Gasteiger partial charge in [0.15, 0.2) is 5.78 Å². The third-order valence-corrected chi connectivity index (χ3v) is 1.96. The van der Waals surface area contributed by atoms with Gasteiger partial charge in [-0.1, -0.05) is 20.8 Å². The van der Waals surface area contributed by atoms with Crippen molar-refractivity contribution in [2.75, 3.05) is 13.7 Å². The lowest BCUT2D eigenvalue weighted by atomic mass is 9.95. The minimum atomic E-state index is -0.511. The second kappa shape index (κ2) is 6.25. The topological polar surface area (TPSA) is 72.5 Å². The zero-order valence-electron chi connectivity index (χ0n) is 10.3. The molecule has 0 aromatic carbocycles. The molecule has 0 unspecified atom stereocenters. The SMILES string of the molecule is COC(=O)CCC(=O)CNC(=O)C(C)(C)C. The highest BCUT2D eigenvalue weighted by atomic mass is 16.5. The number of carbonyl (C=O) groups excluding carboxylic acids is 3. The van der Waals surface area contributed by atoms with E-state index in [0.29, 0.717) is 0 Å². The Balaban J connectivity index is 3.83. The van der Waals surface area contributed by atoms with Crippen molar-refractivity contribution in [1.29, 1.82) is 0 Å². The number of amides is 1. The van der Waals surface area contributed by atoms with E-state index in [2.05, 4.69) is 10.1 Å². The Kier molecular flexibility index (Phi) is 5.71. The van der Waals surface area contributed by atoms with Crippen molar-refractivity contribution in [3.8, 4) is 0 Å². The minimum Gasteiger partial charge on any atom is -0.469 e. The molecule has 0 spiro atoms. The maximum atomic E-state index is 11.4. The van der Waals surface area contributed by atoms with E-state index in [1.807, 2.05) is 0 Å². The second-order valence-electron chi connectivity index (χ2n) is 4.55. The summed E-state index contributed by atoms with van der Waals surface area (Å²) in [5.74, 6) is -0.780. The van der Waals surface area contributed by atoms with Crippen LogP contribution in [0.4, 0.5) is 0 Å². The zero-order chi connectivity index (χ0) is 12.8. The van der Waals surface area contributed by atoms with Crippen molar-refractivity contribution < 1.29 is 19.1 Å². The molecule has 0 rings (SSSR count). The molecule has 0 heterocycles. The van der Waals surface area contributed by atoms with E-state index < -0.39 is 11.4 Å². The molecule has 16 heavy (non-hydrogen) atoms. The number of Topliss-reactive ketones (excluding diaryl/α,β-unsaturated/α-hetero) is 1. The van der Waals surface area contributed by atoms with Crippen molar-refractivity contribution in [2.24, 2.45) is 5.41 Å². The second-order valence-corrected chi connectivity index (χ2v) is 4.55. The van der Waals surface area contributed by atoms with Crippen molar-refractivity contribution >= 4 is 17.7 Å². The van der Waals surface area contributed by atoms with Crippen molar-refractivity contribution in [3.63, 3.8) is 0 Å². The van der Waals surface area contributed by atoms with Crippen LogP contribution < -0.4 is 5.32 Å². The molecular weight excluding hydrogens is 210 g/mol. The number of hydrogen-bond acceptors (Lipinski definition) is 4. The Hall–Kier alpha value is -1.39. The third kappa shape index (κ3) is 6.16. The lowest BCUT2D eigenvalue weighted by Gasteiger charge is -2.17. The maximum Gasteiger partial charge on any atom is 0.305 e. The Labute approximate surface area is 95.5 Å². The van der Waals surface area contributed by atoms with Crippen LogP contribution in [0.25, 0.3) is 0 Å². The monoisotopic (exact) mass is 229 g/mol. The summed E-state index contributed by atoms with van der Waals surface area (Å²) in [6.45, 7) is 5.26. The molecule has 92 valence electrons. The largest absolute Gasteiger partial charge is 0.469 e. The Morgan fingerprint density at radius 2 is 1.69 bits per heavy atom. The Bertz CT molecular complexity index is 278. The van der Waals surface area contributed by atoms with Gasteiger partial charge in [0.1, 0.15) is 0 Å². The van der Waals surface area contributed by atoms with Crippen LogP contribution in [0.2, 0.25) is 0 Å². The van der Waals surface area contributed by atoms with Gasteiger partial charge in [-0.15, -0.1) is 0 Å².